The van der Waals surface area contributed by atoms with Crippen LogP contribution in [-0.4, -0.2) is 61.6 Å². The van der Waals surface area contributed by atoms with Crippen LogP contribution in [-0.2, 0) is 14.6 Å². The molecule has 1 aliphatic heterocycles. The van der Waals surface area contributed by atoms with Crippen molar-refractivity contribution in [2.24, 2.45) is 5.41 Å². The van der Waals surface area contributed by atoms with Crippen LogP contribution in [0, 0.1) is 5.41 Å². The van der Waals surface area contributed by atoms with E-state index in [1.54, 1.807) is 13.8 Å². The van der Waals surface area contributed by atoms with Gasteiger partial charge in [-0.2, -0.15) is 0 Å². The molecule has 0 radical (unpaired) electrons. The standard InChI is InChI=1S/C13H24N2O5S/c1-3-13(4-2,11(16)17)10-14-12(18)15-6-5-8-21(19,20)9-7-15/h3-10H2,1-2H3,(H,14,18)(H,16,17). The summed E-state index contributed by atoms with van der Waals surface area (Å²) in [7, 11) is -3.07. The van der Waals surface area contributed by atoms with Crippen molar-refractivity contribution in [3.8, 4) is 0 Å². The monoisotopic (exact) mass is 320 g/mol. The summed E-state index contributed by atoms with van der Waals surface area (Å²) >= 11 is 0. The van der Waals surface area contributed by atoms with E-state index in [4.69, 9.17) is 0 Å². The van der Waals surface area contributed by atoms with Gasteiger partial charge in [-0.15, -0.1) is 0 Å². The second-order valence-corrected chi connectivity index (χ2v) is 7.75. The number of hydrogen-bond acceptors (Lipinski definition) is 4. The van der Waals surface area contributed by atoms with Gasteiger partial charge in [-0.25, -0.2) is 13.2 Å². The molecular weight excluding hydrogens is 296 g/mol. The molecule has 1 fully saturated rings. The molecule has 0 saturated carbocycles. The minimum atomic E-state index is -3.07. The molecule has 2 amide bonds. The number of carbonyl (C=O) groups is 2. The summed E-state index contributed by atoms with van der Waals surface area (Å²) in [4.78, 5) is 24.9. The van der Waals surface area contributed by atoms with E-state index in [0.717, 1.165) is 0 Å². The van der Waals surface area contributed by atoms with Gasteiger partial charge in [0.1, 0.15) is 0 Å². The van der Waals surface area contributed by atoms with Crippen molar-refractivity contribution in [1.29, 1.82) is 0 Å². The van der Waals surface area contributed by atoms with Gasteiger partial charge in [-0.1, -0.05) is 13.8 Å². The van der Waals surface area contributed by atoms with Crippen molar-refractivity contribution in [2.75, 3.05) is 31.1 Å². The molecule has 0 aromatic carbocycles. The van der Waals surface area contributed by atoms with E-state index in [1.165, 1.54) is 4.90 Å². The Bertz CT molecular complexity index is 485. The number of sulfone groups is 1. The van der Waals surface area contributed by atoms with Crippen molar-refractivity contribution < 1.29 is 23.1 Å². The van der Waals surface area contributed by atoms with E-state index < -0.39 is 21.2 Å². The maximum atomic E-state index is 12.1. The van der Waals surface area contributed by atoms with Crippen LogP contribution in [0.3, 0.4) is 0 Å². The zero-order valence-corrected chi connectivity index (χ0v) is 13.4. The summed E-state index contributed by atoms with van der Waals surface area (Å²) in [6.07, 6.45) is 1.27. The highest BCUT2D eigenvalue weighted by atomic mass is 32.2. The zero-order chi connectivity index (χ0) is 16.1. The lowest BCUT2D eigenvalue weighted by atomic mass is 9.82. The highest BCUT2D eigenvalue weighted by Crippen LogP contribution is 2.25. The van der Waals surface area contributed by atoms with Gasteiger partial charge in [0.2, 0.25) is 0 Å². The Kier molecular flexibility index (Phi) is 6.00. The highest BCUT2D eigenvalue weighted by molar-refractivity contribution is 7.91. The molecule has 8 heteroatoms. The summed E-state index contributed by atoms with van der Waals surface area (Å²) in [5, 5.41) is 12.0. The minimum absolute atomic E-state index is 0.0357. The van der Waals surface area contributed by atoms with Crippen molar-refractivity contribution in [2.45, 2.75) is 33.1 Å². The van der Waals surface area contributed by atoms with E-state index >= 15 is 0 Å². The fraction of sp³-hybridized carbons (Fsp3) is 0.846. The van der Waals surface area contributed by atoms with Crippen molar-refractivity contribution >= 4 is 21.8 Å². The summed E-state index contributed by atoms with van der Waals surface area (Å²) in [6, 6.07) is -0.389. The normalized spacial score (nSPS) is 18.9. The van der Waals surface area contributed by atoms with E-state index in [0.29, 0.717) is 25.8 Å². The Morgan fingerprint density at radius 3 is 2.33 bits per heavy atom. The molecule has 0 atom stereocenters. The van der Waals surface area contributed by atoms with Crippen LogP contribution in [0.25, 0.3) is 0 Å². The van der Waals surface area contributed by atoms with Crippen LogP contribution in [0.5, 0.6) is 0 Å². The Hall–Kier alpha value is -1.31. The SMILES string of the molecule is CCC(CC)(CNC(=O)N1CCCS(=O)(=O)CC1)C(=O)O. The number of amides is 2. The van der Waals surface area contributed by atoms with Crippen LogP contribution in [0.2, 0.25) is 0 Å². The molecule has 1 saturated heterocycles. The quantitative estimate of drug-likeness (QED) is 0.776. The van der Waals surface area contributed by atoms with Gasteiger partial charge in [0, 0.05) is 19.6 Å². The lowest BCUT2D eigenvalue weighted by molar-refractivity contribution is -0.149. The maximum Gasteiger partial charge on any atom is 0.317 e. The molecule has 0 aromatic rings. The van der Waals surface area contributed by atoms with Gasteiger partial charge in [0.05, 0.1) is 16.9 Å². The van der Waals surface area contributed by atoms with Gasteiger partial charge >= 0.3 is 12.0 Å². The Labute approximate surface area is 125 Å². The number of carboxylic acid groups (broad SMARTS) is 1. The van der Waals surface area contributed by atoms with Crippen molar-refractivity contribution in [3.05, 3.63) is 0 Å². The smallest absolute Gasteiger partial charge is 0.317 e. The first kappa shape index (κ1) is 17.7. The van der Waals surface area contributed by atoms with Crippen molar-refractivity contribution in [1.82, 2.24) is 10.2 Å². The third kappa shape index (κ3) is 4.59. The predicted molar refractivity (Wildman–Crippen MR) is 78.9 cm³/mol. The van der Waals surface area contributed by atoms with E-state index in [9.17, 15) is 23.1 Å². The van der Waals surface area contributed by atoms with Gasteiger partial charge in [0.25, 0.3) is 0 Å². The first-order valence-electron chi connectivity index (χ1n) is 7.23. The number of aliphatic carboxylic acids is 1. The fourth-order valence-electron chi connectivity index (χ4n) is 2.38. The lowest BCUT2D eigenvalue weighted by Gasteiger charge is -2.29. The molecule has 0 aliphatic carbocycles. The molecule has 0 bridgehead atoms. The predicted octanol–water partition coefficient (Wildman–Crippen LogP) is 0.708. The van der Waals surface area contributed by atoms with E-state index in [-0.39, 0.29) is 30.6 Å². The number of urea groups is 1. The van der Waals surface area contributed by atoms with Gasteiger partial charge in [-0.3, -0.25) is 4.79 Å². The Morgan fingerprint density at radius 1 is 1.19 bits per heavy atom. The average molecular weight is 320 g/mol. The number of hydrogen-bond donors (Lipinski definition) is 2. The molecular formula is C13H24N2O5S. The lowest BCUT2D eigenvalue weighted by Crippen LogP contribution is -2.48. The first-order valence-corrected chi connectivity index (χ1v) is 9.05. The summed E-state index contributed by atoms with van der Waals surface area (Å²) in [5.74, 6) is -0.863. The van der Waals surface area contributed by atoms with E-state index in [1.807, 2.05) is 0 Å². The topological polar surface area (TPSA) is 104 Å². The van der Waals surface area contributed by atoms with Crippen LogP contribution in [0.15, 0.2) is 0 Å². The van der Waals surface area contributed by atoms with Gasteiger partial charge in [-0.05, 0) is 19.3 Å². The van der Waals surface area contributed by atoms with Gasteiger partial charge in [0.15, 0.2) is 9.84 Å². The number of nitrogens with one attached hydrogen (secondary N) is 1. The summed E-state index contributed by atoms with van der Waals surface area (Å²) in [6.45, 7) is 4.15. The molecule has 0 spiro atoms. The Balaban J connectivity index is 2.63. The molecule has 122 valence electrons. The second kappa shape index (κ2) is 7.11. The molecule has 1 heterocycles. The second-order valence-electron chi connectivity index (χ2n) is 5.44. The van der Waals surface area contributed by atoms with Crippen LogP contribution in [0.4, 0.5) is 4.79 Å². The molecule has 0 unspecified atom stereocenters. The number of nitrogens with zero attached hydrogens (tertiary/aromatic N) is 1. The first-order chi connectivity index (χ1) is 9.76. The highest BCUT2D eigenvalue weighted by Gasteiger charge is 2.35. The minimum Gasteiger partial charge on any atom is -0.481 e. The summed E-state index contributed by atoms with van der Waals surface area (Å²) < 4.78 is 23.0. The number of carbonyl (C=O) groups excluding carboxylic acids is 1. The molecule has 2 N–H and O–H groups in total. The van der Waals surface area contributed by atoms with E-state index in [2.05, 4.69) is 5.32 Å². The fourth-order valence-corrected chi connectivity index (χ4v) is 3.65. The third-order valence-electron chi connectivity index (χ3n) is 4.23. The zero-order valence-electron chi connectivity index (χ0n) is 12.6. The van der Waals surface area contributed by atoms with Crippen LogP contribution < -0.4 is 5.32 Å². The maximum absolute atomic E-state index is 12.1. The average Bonchev–Trinajstić information content (AvgIpc) is 2.61. The number of rotatable bonds is 5. The number of carboxylic acids is 1. The van der Waals surface area contributed by atoms with Gasteiger partial charge < -0.3 is 15.3 Å². The van der Waals surface area contributed by atoms with Crippen LogP contribution >= 0.6 is 0 Å². The Morgan fingerprint density at radius 2 is 1.81 bits per heavy atom. The molecule has 7 nitrogen and oxygen atoms in total. The largest absolute Gasteiger partial charge is 0.481 e. The van der Waals surface area contributed by atoms with Crippen LogP contribution in [0.1, 0.15) is 33.1 Å². The van der Waals surface area contributed by atoms with Crippen molar-refractivity contribution in [3.63, 3.8) is 0 Å². The molecule has 1 aliphatic rings. The summed E-state index contributed by atoms with van der Waals surface area (Å²) in [5.41, 5.74) is -0.965. The molecule has 21 heavy (non-hydrogen) atoms. The molecule has 1 rings (SSSR count). The third-order valence-corrected chi connectivity index (χ3v) is 5.94. The molecule has 0 aromatic heterocycles.